The normalized spacial score (nSPS) is 10.6. The van der Waals surface area contributed by atoms with Crippen LogP contribution in [0.2, 0.25) is 5.15 Å². The lowest BCUT2D eigenvalue weighted by Crippen LogP contribution is -2.05. The van der Waals surface area contributed by atoms with Crippen LogP contribution in [0, 0.1) is 0 Å². The molecule has 0 atom stereocenters. The first-order valence-electron chi connectivity index (χ1n) is 10.6. The second kappa shape index (κ2) is 11.8. The van der Waals surface area contributed by atoms with E-state index in [0.717, 1.165) is 33.7 Å². The van der Waals surface area contributed by atoms with Gasteiger partial charge in [0.2, 0.25) is 0 Å². The van der Waals surface area contributed by atoms with Crippen molar-refractivity contribution in [3.05, 3.63) is 76.8 Å². The summed E-state index contributed by atoms with van der Waals surface area (Å²) in [7, 11) is 3.56. The van der Waals surface area contributed by atoms with Crippen LogP contribution in [-0.2, 0) is 31.5 Å². The first kappa shape index (κ1) is 26.1. The Bertz CT molecular complexity index is 1310. The number of fused-ring (bicyclic) bond motifs is 1. The molecule has 4 rings (SSSR count). The summed E-state index contributed by atoms with van der Waals surface area (Å²) in [6.07, 6.45) is 1.99. The molecule has 4 aromatic rings. The van der Waals surface area contributed by atoms with Crippen molar-refractivity contribution in [2.75, 3.05) is 7.11 Å². The molecule has 35 heavy (non-hydrogen) atoms. The molecule has 2 aromatic carbocycles. The fourth-order valence-electron chi connectivity index (χ4n) is 3.48. The third-order valence-corrected chi connectivity index (χ3v) is 5.60. The van der Waals surface area contributed by atoms with Crippen molar-refractivity contribution in [1.29, 1.82) is 0 Å². The van der Waals surface area contributed by atoms with Gasteiger partial charge in [0, 0.05) is 37.4 Å². The van der Waals surface area contributed by atoms with Crippen LogP contribution in [0.3, 0.4) is 0 Å². The molecule has 184 valence electrons. The number of hydrogen-bond acceptors (Lipinski definition) is 6. The Kier molecular flexibility index (Phi) is 8.78. The minimum Gasteiger partial charge on any atom is -0.497 e. The van der Waals surface area contributed by atoms with E-state index >= 15 is 0 Å². The SMILES string of the molecule is COc1ccc2nc(COc3ccc(CCC(=O)O)c(OCc4ccc(Cl)nc4)c3)n(C)c2c1.Cl. The van der Waals surface area contributed by atoms with Gasteiger partial charge in [-0.15, -0.1) is 12.4 Å². The Morgan fingerprint density at radius 3 is 2.57 bits per heavy atom. The smallest absolute Gasteiger partial charge is 0.303 e. The van der Waals surface area contributed by atoms with Crippen molar-refractivity contribution in [2.45, 2.75) is 26.1 Å². The quantitative estimate of drug-likeness (QED) is 0.288. The number of nitrogens with zero attached hydrogens (tertiary/aromatic N) is 3. The number of halogens is 2. The molecule has 0 amide bonds. The van der Waals surface area contributed by atoms with Crippen LogP contribution in [0.5, 0.6) is 17.2 Å². The van der Waals surface area contributed by atoms with E-state index in [1.807, 2.05) is 41.9 Å². The van der Waals surface area contributed by atoms with Gasteiger partial charge in [0.1, 0.15) is 41.4 Å². The van der Waals surface area contributed by atoms with Crippen LogP contribution < -0.4 is 14.2 Å². The second-order valence-corrected chi connectivity index (χ2v) is 8.06. The van der Waals surface area contributed by atoms with Crippen LogP contribution in [0.15, 0.2) is 54.7 Å². The predicted molar refractivity (Wildman–Crippen MR) is 135 cm³/mol. The van der Waals surface area contributed by atoms with Gasteiger partial charge in [-0.05, 0) is 36.2 Å². The number of carboxylic acids is 1. The molecule has 8 nitrogen and oxygen atoms in total. The number of aromatic nitrogens is 3. The van der Waals surface area contributed by atoms with Crippen molar-refractivity contribution in [3.63, 3.8) is 0 Å². The number of carbonyl (C=O) groups is 1. The molecule has 0 aliphatic rings. The average molecular weight is 518 g/mol. The standard InChI is InChI=1S/C25H24ClN3O5.ClH/c1-29-21-11-18(32-2)7-8-20(21)28-24(29)15-33-19-6-4-17(5-10-25(30)31)22(12-19)34-14-16-3-9-23(26)27-13-16;/h3-4,6-9,11-13H,5,10,14-15H2,1-2H3,(H,30,31);1H. The topological polar surface area (TPSA) is 95.7 Å². The van der Waals surface area contributed by atoms with Crippen molar-refractivity contribution < 1.29 is 24.1 Å². The number of benzene rings is 2. The van der Waals surface area contributed by atoms with E-state index in [9.17, 15) is 4.79 Å². The van der Waals surface area contributed by atoms with Gasteiger partial charge in [0.15, 0.2) is 0 Å². The van der Waals surface area contributed by atoms with E-state index in [1.54, 1.807) is 31.5 Å². The van der Waals surface area contributed by atoms with Crippen molar-refractivity contribution in [1.82, 2.24) is 14.5 Å². The monoisotopic (exact) mass is 517 g/mol. The molecule has 0 saturated carbocycles. The molecule has 2 aromatic heterocycles. The highest BCUT2D eigenvalue weighted by Gasteiger charge is 2.12. The average Bonchev–Trinajstić information content (AvgIpc) is 3.16. The highest BCUT2D eigenvalue weighted by Crippen LogP contribution is 2.28. The fourth-order valence-corrected chi connectivity index (χ4v) is 3.60. The first-order valence-corrected chi connectivity index (χ1v) is 11.0. The molecule has 1 N–H and O–H groups in total. The molecule has 0 aliphatic carbocycles. The number of aryl methyl sites for hydroxylation is 2. The van der Waals surface area contributed by atoms with Crippen LogP contribution >= 0.6 is 24.0 Å². The minimum atomic E-state index is -0.869. The number of aliphatic carboxylic acids is 1. The lowest BCUT2D eigenvalue weighted by atomic mass is 10.1. The molecule has 0 spiro atoms. The Labute approximate surface area is 213 Å². The molecular weight excluding hydrogens is 493 g/mol. The zero-order valence-corrected chi connectivity index (χ0v) is 20.8. The van der Waals surface area contributed by atoms with Gasteiger partial charge in [0.25, 0.3) is 0 Å². The lowest BCUT2D eigenvalue weighted by Gasteiger charge is -2.14. The molecule has 0 saturated heterocycles. The van der Waals surface area contributed by atoms with Crippen molar-refractivity contribution >= 4 is 41.0 Å². The van der Waals surface area contributed by atoms with E-state index < -0.39 is 5.97 Å². The number of rotatable bonds is 10. The number of ether oxygens (including phenoxy) is 3. The van der Waals surface area contributed by atoms with E-state index in [0.29, 0.717) is 23.1 Å². The fraction of sp³-hybridized carbons (Fsp3) is 0.240. The highest BCUT2D eigenvalue weighted by molar-refractivity contribution is 6.29. The third-order valence-electron chi connectivity index (χ3n) is 5.38. The zero-order valence-electron chi connectivity index (χ0n) is 19.2. The van der Waals surface area contributed by atoms with E-state index in [1.165, 1.54) is 0 Å². The number of pyridine rings is 1. The summed E-state index contributed by atoms with van der Waals surface area (Å²) < 4.78 is 19.3. The van der Waals surface area contributed by atoms with E-state index in [2.05, 4.69) is 9.97 Å². The van der Waals surface area contributed by atoms with Gasteiger partial charge in [-0.1, -0.05) is 23.7 Å². The summed E-state index contributed by atoms with van der Waals surface area (Å²) in [5.74, 6) is 1.80. The maximum Gasteiger partial charge on any atom is 0.303 e. The summed E-state index contributed by atoms with van der Waals surface area (Å²) in [5.41, 5.74) is 3.43. The summed E-state index contributed by atoms with van der Waals surface area (Å²) in [6.45, 7) is 0.517. The molecule has 0 bridgehead atoms. The molecule has 10 heteroatoms. The molecular formula is C25H25Cl2N3O5. The third kappa shape index (κ3) is 6.55. The predicted octanol–water partition coefficient (Wildman–Crippen LogP) is 5.23. The molecule has 0 fully saturated rings. The van der Waals surface area contributed by atoms with Crippen LogP contribution in [0.1, 0.15) is 23.4 Å². The van der Waals surface area contributed by atoms with Gasteiger partial charge < -0.3 is 23.9 Å². The summed E-state index contributed by atoms with van der Waals surface area (Å²) in [5, 5.41) is 9.48. The van der Waals surface area contributed by atoms with E-state index in [-0.39, 0.29) is 32.0 Å². The van der Waals surface area contributed by atoms with Crippen LogP contribution in [0.4, 0.5) is 0 Å². The molecule has 2 heterocycles. The summed E-state index contributed by atoms with van der Waals surface area (Å²) >= 11 is 5.85. The lowest BCUT2D eigenvalue weighted by molar-refractivity contribution is -0.136. The Morgan fingerprint density at radius 2 is 1.86 bits per heavy atom. The largest absolute Gasteiger partial charge is 0.497 e. The van der Waals surface area contributed by atoms with Gasteiger partial charge in [0.05, 0.1) is 18.1 Å². The Hall–Kier alpha value is -3.49. The maximum atomic E-state index is 11.1. The zero-order chi connectivity index (χ0) is 24.1. The van der Waals surface area contributed by atoms with Gasteiger partial charge in [-0.25, -0.2) is 9.97 Å². The maximum absolute atomic E-state index is 11.1. The van der Waals surface area contributed by atoms with Crippen molar-refractivity contribution in [3.8, 4) is 17.2 Å². The summed E-state index contributed by atoms with van der Waals surface area (Å²) in [6, 6.07) is 14.6. The molecule has 0 unspecified atom stereocenters. The number of methoxy groups -OCH3 is 1. The van der Waals surface area contributed by atoms with Crippen LogP contribution in [-0.4, -0.2) is 32.7 Å². The van der Waals surface area contributed by atoms with Gasteiger partial charge in [-0.3, -0.25) is 4.79 Å². The second-order valence-electron chi connectivity index (χ2n) is 7.67. The van der Waals surface area contributed by atoms with Crippen molar-refractivity contribution in [2.24, 2.45) is 7.05 Å². The van der Waals surface area contributed by atoms with Crippen LogP contribution in [0.25, 0.3) is 11.0 Å². The minimum absolute atomic E-state index is 0. The number of hydrogen-bond donors (Lipinski definition) is 1. The van der Waals surface area contributed by atoms with Gasteiger partial charge >= 0.3 is 5.97 Å². The first-order chi connectivity index (χ1) is 16.4. The summed E-state index contributed by atoms with van der Waals surface area (Å²) in [4.78, 5) is 19.8. The number of imidazole rings is 1. The van der Waals surface area contributed by atoms with E-state index in [4.69, 9.17) is 30.9 Å². The Balaban J connectivity index is 0.00000342. The Morgan fingerprint density at radius 1 is 1.06 bits per heavy atom. The number of carboxylic acid groups (broad SMARTS) is 1. The molecule has 0 aliphatic heterocycles. The van der Waals surface area contributed by atoms with Gasteiger partial charge in [-0.2, -0.15) is 0 Å². The highest BCUT2D eigenvalue weighted by atomic mass is 35.5. The molecule has 0 radical (unpaired) electrons.